The molecule has 1 fully saturated rings. The molecule has 3 heteroatoms. The monoisotopic (exact) mass is 180 g/mol. The van der Waals surface area contributed by atoms with Gasteiger partial charge in [-0.3, -0.25) is 0 Å². The van der Waals surface area contributed by atoms with E-state index in [0.717, 1.165) is 25.7 Å². The second-order valence-electron chi connectivity index (χ2n) is 3.10. The van der Waals surface area contributed by atoms with Crippen molar-refractivity contribution in [2.45, 2.75) is 32.6 Å². The van der Waals surface area contributed by atoms with Crippen molar-refractivity contribution in [2.75, 3.05) is 0 Å². The first-order valence-electron chi connectivity index (χ1n) is 3.95. The molecule has 0 aliphatic heterocycles. The van der Waals surface area contributed by atoms with Crippen molar-refractivity contribution in [1.29, 1.82) is 0 Å². The van der Waals surface area contributed by atoms with Gasteiger partial charge in [0.25, 0.3) is 0 Å². The molecule has 0 amide bonds. The normalized spacial score (nSPS) is 29.5. The second-order valence-corrected chi connectivity index (χ2v) is 3.10. The Labute approximate surface area is 110 Å². The van der Waals surface area contributed by atoms with Gasteiger partial charge >= 0.3 is 51.4 Å². The largest absolute Gasteiger partial charge is 1.00 e. The van der Waals surface area contributed by atoms with E-state index in [1.54, 1.807) is 0 Å². The molecule has 1 rings (SSSR count). The SMILES string of the molecule is CCC1CCC(C(=O)[O-])C1.[K+]. The van der Waals surface area contributed by atoms with Crippen LogP contribution >= 0.6 is 0 Å². The van der Waals surface area contributed by atoms with Crippen LogP contribution in [0.2, 0.25) is 0 Å². The molecular formula is C8H13KO2. The third-order valence-corrected chi connectivity index (χ3v) is 2.45. The summed E-state index contributed by atoms with van der Waals surface area (Å²) < 4.78 is 0. The Balaban J connectivity index is 0.000001000. The van der Waals surface area contributed by atoms with Gasteiger partial charge in [-0.25, -0.2) is 0 Å². The molecule has 11 heavy (non-hydrogen) atoms. The minimum atomic E-state index is -0.851. The Morgan fingerprint density at radius 2 is 2.18 bits per heavy atom. The van der Waals surface area contributed by atoms with Crippen molar-refractivity contribution in [3.05, 3.63) is 0 Å². The van der Waals surface area contributed by atoms with E-state index in [4.69, 9.17) is 0 Å². The number of hydrogen-bond donors (Lipinski definition) is 0. The first-order valence-corrected chi connectivity index (χ1v) is 3.95. The summed E-state index contributed by atoms with van der Waals surface area (Å²) in [5, 5.41) is 10.4. The average Bonchev–Trinajstić information content (AvgIpc) is 2.34. The predicted octanol–water partition coefficient (Wildman–Crippen LogP) is -2.43. The number of hydrogen-bond acceptors (Lipinski definition) is 2. The van der Waals surface area contributed by atoms with E-state index < -0.39 is 5.97 Å². The Bertz CT molecular complexity index is 136. The number of aliphatic carboxylic acids is 1. The summed E-state index contributed by atoms with van der Waals surface area (Å²) in [6.07, 6.45) is 3.87. The number of carbonyl (C=O) groups excluding carboxylic acids is 1. The van der Waals surface area contributed by atoms with E-state index in [1.165, 1.54) is 0 Å². The van der Waals surface area contributed by atoms with E-state index in [0.29, 0.717) is 5.92 Å². The molecule has 0 aromatic rings. The summed E-state index contributed by atoms with van der Waals surface area (Å²) >= 11 is 0. The van der Waals surface area contributed by atoms with Gasteiger partial charge in [0, 0.05) is 5.97 Å². The van der Waals surface area contributed by atoms with Crippen molar-refractivity contribution in [3.63, 3.8) is 0 Å². The molecular weight excluding hydrogens is 167 g/mol. The number of carboxylic acid groups (broad SMARTS) is 1. The van der Waals surface area contributed by atoms with Gasteiger partial charge in [0.2, 0.25) is 0 Å². The first kappa shape index (κ1) is 12.1. The van der Waals surface area contributed by atoms with E-state index in [1.807, 2.05) is 0 Å². The molecule has 0 radical (unpaired) electrons. The zero-order valence-electron chi connectivity index (χ0n) is 7.30. The maximum Gasteiger partial charge on any atom is 1.00 e. The molecule has 0 aromatic heterocycles. The van der Waals surface area contributed by atoms with Gasteiger partial charge in [-0.1, -0.05) is 13.3 Å². The van der Waals surface area contributed by atoms with E-state index in [2.05, 4.69) is 6.92 Å². The second kappa shape index (κ2) is 5.70. The minimum Gasteiger partial charge on any atom is -0.550 e. The van der Waals surface area contributed by atoms with Crippen LogP contribution in [0.25, 0.3) is 0 Å². The maximum atomic E-state index is 10.4. The topological polar surface area (TPSA) is 40.1 Å². The predicted molar refractivity (Wildman–Crippen MR) is 36.1 cm³/mol. The van der Waals surface area contributed by atoms with Gasteiger partial charge in [-0.2, -0.15) is 0 Å². The van der Waals surface area contributed by atoms with Crippen LogP contribution in [0.5, 0.6) is 0 Å². The molecule has 0 saturated heterocycles. The molecule has 0 bridgehead atoms. The fourth-order valence-electron chi connectivity index (χ4n) is 1.66. The maximum absolute atomic E-state index is 10.4. The fraction of sp³-hybridized carbons (Fsp3) is 0.875. The summed E-state index contributed by atoms with van der Waals surface area (Å²) in [6, 6.07) is 0. The zero-order chi connectivity index (χ0) is 7.56. The molecule has 2 atom stereocenters. The first-order chi connectivity index (χ1) is 4.74. The molecule has 2 nitrogen and oxygen atoms in total. The van der Waals surface area contributed by atoms with Crippen LogP contribution in [0.4, 0.5) is 0 Å². The number of rotatable bonds is 2. The van der Waals surface area contributed by atoms with Crippen LogP contribution in [-0.2, 0) is 4.79 Å². The number of carbonyl (C=O) groups is 1. The van der Waals surface area contributed by atoms with Crippen molar-refractivity contribution in [1.82, 2.24) is 0 Å². The van der Waals surface area contributed by atoms with Crippen LogP contribution in [-0.4, -0.2) is 5.97 Å². The van der Waals surface area contributed by atoms with E-state index in [9.17, 15) is 9.90 Å². The standard InChI is InChI=1S/C8H14O2.K/c1-2-6-3-4-7(5-6)8(9)10;/h6-7H,2-5H2,1H3,(H,9,10);/q;+1/p-1. The van der Waals surface area contributed by atoms with Crippen LogP contribution < -0.4 is 56.5 Å². The quantitative estimate of drug-likeness (QED) is 0.443. The van der Waals surface area contributed by atoms with Crippen LogP contribution in [0.15, 0.2) is 0 Å². The fourth-order valence-corrected chi connectivity index (χ4v) is 1.66. The van der Waals surface area contributed by atoms with E-state index >= 15 is 0 Å². The summed E-state index contributed by atoms with van der Waals surface area (Å²) in [4.78, 5) is 10.4. The molecule has 0 heterocycles. The van der Waals surface area contributed by atoms with Crippen molar-refractivity contribution in [3.8, 4) is 0 Å². The summed E-state index contributed by atoms with van der Waals surface area (Å²) in [5.41, 5.74) is 0. The Kier molecular flexibility index (Phi) is 6.27. The van der Waals surface area contributed by atoms with Gasteiger partial charge < -0.3 is 9.90 Å². The van der Waals surface area contributed by atoms with Gasteiger partial charge in [0.1, 0.15) is 0 Å². The molecule has 58 valence electrons. The average molecular weight is 180 g/mol. The summed E-state index contributed by atoms with van der Waals surface area (Å²) in [5.74, 6) is -0.358. The molecule has 1 saturated carbocycles. The Hall–Kier alpha value is 1.11. The smallest absolute Gasteiger partial charge is 0.550 e. The van der Waals surface area contributed by atoms with Gasteiger partial charge in [0.15, 0.2) is 0 Å². The van der Waals surface area contributed by atoms with Crippen molar-refractivity contribution < 1.29 is 61.3 Å². The number of carboxylic acids is 1. The molecule has 1 aliphatic rings. The van der Waals surface area contributed by atoms with Crippen LogP contribution in [0.3, 0.4) is 0 Å². The zero-order valence-corrected chi connectivity index (χ0v) is 10.4. The van der Waals surface area contributed by atoms with Crippen LogP contribution in [0.1, 0.15) is 32.6 Å². The Morgan fingerprint density at radius 1 is 1.55 bits per heavy atom. The third kappa shape index (κ3) is 3.55. The minimum absolute atomic E-state index is 0. The molecule has 0 N–H and O–H groups in total. The van der Waals surface area contributed by atoms with Crippen molar-refractivity contribution >= 4 is 5.97 Å². The Morgan fingerprint density at radius 3 is 2.45 bits per heavy atom. The summed E-state index contributed by atoms with van der Waals surface area (Å²) in [7, 11) is 0. The molecule has 1 aliphatic carbocycles. The van der Waals surface area contributed by atoms with E-state index in [-0.39, 0.29) is 57.3 Å². The molecule has 0 aromatic carbocycles. The van der Waals surface area contributed by atoms with Gasteiger partial charge in [0.05, 0.1) is 0 Å². The van der Waals surface area contributed by atoms with Gasteiger partial charge in [-0.05, 0) is 31.1 Å². The van der Waals surface area contributed by atoms with Gasteiger partial charge in [-0.15, -0.1) is 0 Å². The third-order valence-electron chi connectivity index (χ3n) is 2.45. The summed E-state index contributed by atoms with van der Waals surface area (Å²) in [6.45, 7) is 2.11. The molecule has 2 unspecified atom stereocenters. The van der Waals surface area contributed by atoms with Crippen molar-refractivity contribution in [2.24, 2.45) is 11.8 Å². The molecule has 0 spiro atoms. The van der Waals surface area contributed by atoms with Crippen LogP contribution in [0, 0.1) is 11.8 Å².